The Hall–Kier alpha value is -1.51. The Kier molecular flexibility index (Phi) is 4.83. The van der Waals surface area contributed by atoms with Gasteiger partial charge >= 0.3 is 0 Å². The standard InChI is InChI=1S/C16H18ClNO/c1-12(13-5-3-2-4-6-13)16(11-19)18-15-9-7-14(17)8-10-15/h2-10,12,16,18-19H,11H2,1H3. The zero-order valence-corrected chi connectivity index (χ0v) is 11.6. The highest BCUT2D eigenvalue weighted by molar-refractivity contribution is 6.30. The van der Waals surface area contributed by atoms with Crippen LogP contribution in [0.5, 0.6) is 0 Å². The molecule has 3 heteroatoms. The molecule has 2 atom stereocenters. The minimum absolute atomic E-state index is 0.0245. The van der Waals surface area contributed by atoms with Gasteiger partial charge in [-0.2, -0.15) is 0 Å². The van der Waals surface area contributed by atoms with E-state index in [1.165, 1.54) is 5.56 Å². The van der Waals surface area contributed by atoms with Gasteiger partial charge in [-0.1, -0.05) is 48.9 Å². The van der Waals surface area contributed by atoms with Crippen LogP contribution in [0.1, 0.15) is 18.4 Å². The summed E-state index contributed by atoms with van der Waals surface area (Å²) in [6.07, 6.45) is 0. The lowest BCUT2D eigenvalue weighted by Gasteiger charge is -2.24. The van der Waals surface area contributed by atoms with Crippen molar-refractivity contribution in [3.8, 4) is 0 Å². The Labute approximate surface area is 119 Å². The van der Waals surface area contributed by atoms with E-state index in [4.69, 9.17) is 11.6 Å². The molecule has 0 heterocycles. The molecule has 0 saturated carbocycles. The number of anilines is 1. The molecule has 0 spiro atoms. The van der Waals surface area contributed by atoms with E-state index in [0.29, 0.717) is 5.02 Å². The second-order valence-electron chi connectivity index (χ2n) is 4.64. The number of nitrogens with one attached hydrogen (secondary N) is 1. The summed E-state index contributed by atoms with van der Waals surface area (Å²) in [5.74, 6) is 0.224. The third kappa shape index (κ3) is 3.72. The molecule has 0 aliphatic rings. The molecule has 0 aliphatic heterocycles. The molecule has 100 valence electrons. The van der Waals surface area contributed by atoms with Crippen molar-refractivity contribution in [1.29, 1.82) is 0 Å². The quantitative estimate of drug-likeness (QED) is 0.867. The van der Waals surface area contributed by atoms with Gasteiger partial charge in [-0.3, -0.25) is 0 Å². The monoisotopic (exact) mass is 275 g/mol. The van der Waals surface area contributed by atoms with Gasteiger partial charge in [0.05, 0.1) is 12.6 Å². The van der Waals surface area contributed by atoms with Crippen LogP contribution >= 0.6 is 11.6 Å². The summed E-state index contributed by atoms with van der Waals surface area (Å²) >= 11 is 5.86. The molecule has 2 nitrogen and oxygen atoms in total. The van der Waals surface area contributed by atoms with Crippen molar-refractivity contribution in [1.82, 2.24) is 0 Å². The van der Waals surface area contributed by atoms with E-state index in [1.807, 2.05) is 42.5 Å². The van der Waals surface area contributed by atoms with Crippen molar-refractivity contribution in [3.05, 3.63) is 65.2 Å². The van der Waals surface area contributed by atoms with Crippen LogP contribution in [0.2, 0.25) is 5.02 Å². The smallest absolute Gasteiger partial charge is 0.0638 e. The molecule has 0 bridgehead atoms. The Bertz CT molecular complexity index is 498. The summed E-state index contributed by atoms with van der Waals surface area (Å²) in [5, 5.41) is 13.6. The van der Waals surface area contributed by atoms with Gasteiger partial charge in [0.15, 0.2) is 0 Å². The normalized spacial score (nSPS) is 13.8. The fourth-order valence-electron chi connectivity index (χ4n) is 2.08. The van der Waals surface area contributed by atoms with Crippen molar-refractivity contribution < 1.29 is 5.11 Å². The molecule has 0 amide bonds. The fraction of sp³-hybridized carbons (Fsp3) is 0.250. The highest BCUT2D eigenvalue weighted by Gasteiger charge is 2.17. The second-order valence-corrected chi connectivity index (χ2v) is 5.08. The Morgan fingerprint density at radius 2 is 1.68 bits per heavy atom. The van der Waals surface area contributed by atoms with Gasteiger partial charge in [0.1, 0.15) is 0 Å². The minimum Gasteiger partial charge on any atom is -0.394 e. The van der Waals surface area contributed by atoms with Crippen molar-refractivity contribution in [3.63, 3.8) is 0 Å². The molecular weight excluding hydrogens is 258 g/mol. The maximum Gasteiger partial charge on any atom is 0.0638 e. The summed E-state index contributed by atoms with van der Waals surface area (Å²) in [6.45, 7) is 2.19. The number of aliphatic hydroxyl groups excluding tert-OH is 1. The molecular formula is C16H18ClNO. The fourth-order valence-corrected chi connectivity index (χ4v) is 2.20. The topological polar surface area (TPSA) is 32.3 Å². The maximum atomic E-state index is 9.59. The number of halogens is 1. The van der Waals surface area contributed by atoms with Crippen LogP contribution in [0, 0.1) is 0 Å². The summed E-state index contributed by atoms with van der Waals surface area (Å²) in [5.41, 5.74) is 2.18. The summed E-state index contributed by atoms with van der Waals surface area (Å²) in [7, 11) is 0. The summed E-state index contributed by atoms with van der Waals surface area (Å²) in [6, 6.07) is 17.7. The first-order chi connectivity index (χ1) is 9.20. The second kappa shape index (κ2) is 6.60. The third-order valence-electron chi connectivity index (χ3n) is 3.32. The zero-order valence-electron chi connectivity index (χ0n) is 10.9. The Morgan fingerprint density at radius 3 is 2.26 bits per heavy atom. The van der Waals surface area contributed by atoms with Crippen molar-refractivity contribution in [2.75, 3.05) is 11.9 Å². The van der Waals surface area contributed by atoms with E-state index in [9.17, 15) is 5.11 Å². The third-order valence-corrected chi connectivity index (χ3v) is 3.57. The van der Waals surface area contributed by atoms with Crippen LogP contribution < -0.4 is 5.32 Å². The van der Waals surface area contributed by atoms with Gasteiger partial charge in [-0.05, 0) is 29.8 Å². The average molecular weight is 276 g/mol. The lowest BCUT2D eigenvalue weighted by Crippen LogP contribution is -2.29. The molecule has 2 aromatic carbocycles. The minimum atomic E-state index is -0.0245. The molecule has 19 heavy (non-hydrogen) atoms. The molecule has 2 unspecified atom stereocenters. The van der Waals surface area contributed by atoms with Crippen LogP contribution in [0.3, 0.4) is 0 Å². The molecule has 0 aromatic heterocycles. The number of hydrogen-bond acceptors (Lipinski definition) is 2. The largest absolute Gasteiger partial charge is 0.394 e. The molecule has 0 aliphatic carbocycles. The van der Waals surface area contributed by atoms with Gasteiger partial charge in [-0.25, -0.2) is 0 Å². The number of hydrogen-bond donors (Lipinski definition) is 2. The average Bonchev–Trinajstić information content (AvgIpc) is 2.47. The molecule has 0 radical (unpaired) electrons. The predicted octanol–water partition coefficient (Wildman–Crippen LogP) is 3.92. The number of benzene rings is 2. The van der Waals surface area contributed by atoms with Gasteiger partial charge in [0.25, 0.3) is 0 Å². The molecule has 2 rings (SSSR count). The van der Waals surface area contributed by atoms with E-state index in [1.54, 1.807) is 0 Å². The van der Waals surface area contributed by atoms with Gasteiger partial charge in [0.2, 0.25) is 0 Å². The zero-order chi connectivity index (χ0) is 13.7. The number of aliphatic hydroxyl groups is 1. The highest BCUT2D eigenvalue weighted by Crippen LogP contribution is 2.22. The Balaban J connectivity index is 2.10. The Morgan fingerprint density at radius 1 is 1.05 bits per heavy atom. The first kappa shape index (κ1) is 13.9. The van der Waals surface area contributed by atoms with Crippen LogP contribution in [-0.2, 0) is 0 Å². The van der Waals surface area contributed by atoms with Crippen molar-refractivity contribution >= 4 is 17.3 Å². The van der Waals surface area contributed by atoms with Gasteiger partial charge in [0, 0.05) is 16.6 Å². The van der Waals surface area contributed by atoms with Gasteiger partial charge < -0.3 is 10.4 Å². The van der Waals surface area contributed by atoms with E-state index in [2.05, 4.69) is 24.4 Å². The summed E-state index contributed by atoms with van der Waals surface area (Å²) < 4.78 is 0. The highest BCUT2D eigenvalue weighted by atomic mass is 35.5. The SMILES string of the molecule is CC(c1ccccc1)C(CO)Nc1ccc(Cl)cc1. The lowest BCUT2D eigenvalue weighted by molar-refractivity contribution is 0.262. The predicted molar refractivity (Wildman–Crippen MR) is 80.8 cm³/mol. The van der Waals surface area contributed by atoms with Crippen molar-refractivity contribution in [2.24, 2.45) is 0 Å². The molecule has 2 aromatic rings. The van der Waals surface area contributed by atoms with Crippen LogP contribution in [0.4, 0.5) is 5.69 Å². The van der Waals surface area contributed by atoms with Crippen molar-refractivity contribution in [2.45, 2.75) is 18.9 Å². The van der Waals surface area contributed by atoms with Crippen LogP contribution in [-0.4, -0.2) is 17.8 Å². The van der Waals surface area contributed by atoms with E-state index in [-0.39, 0.29) is 18.6 Å². The molecule has 0 fully saturated rings. The molecule has 0 saturated heterocycles. The van der Waals surface area contributed by atoms with E-state index >= 15 is 0 Å². The number of rotatable bonds is 5. The first-order valence-electron chi connectivity index (χ1n) is 6.38. The summed E-state index contributed by atoms with van der Waals surface area (Å²) in [4.78, 5) is 0. The van der Waals surface area contributed by atoms with E-state index < -0.39 is 0 Å². The van der Waals surface area contributed by atoms with Gasteiger partial charge in [-0.15, -0.1) is 0 Å². The molecule has 2 N–H and O–H groups in total. The first-order valence-corrected chi connectivity index (χ1v) is 6.76. The van der Waals surface area contributed by atoms with Crippen LogP contribution in [0.25, 0.3) is 0 Å². The maximum absolute atomic E-state index is 9.59. The lowest BCUT2D eigenvalue weighted by atomic mass is 9.93. The van der Waals surface area contributed by atoms with Crippen LogP contribution in [0.15, 0.2) is 54.6 Å². The van der Waals surface area contributed by atoms with E-state index in [0.717, 1.165) is 5.69 Å².